The summed E-state index contributed by atoms with van der Waals surface area (Å²) >= 11 is 0. The molecule has 3 rings (SSSR count). The SMILES string of the molecule is CCc1occc1C(=O)N1CCOC[C@@H]1[C@H]1CCC[C@H]1O. The van der Waals surface area contributed by atoms with E-state index in [2.05, 4.69) is 0 Å². The first-order valence-corrected chi connectivity index (χ1v) is 7.85. The van der Waals surface area contributed by atoms with Gasteiger partial charge in [-0.05, 0) is 18.9 Å². The highest BCUT2D eigenvalue weighted by atomic mass is 16.5. The van der Waals surface area contributed by atoms with Crippen LogP contribution < -0.4 is 0 Å². The normalized spacial score (nSPS) is 29.8. The number of hydrogen-bond donors (Lipinski definition) is 1. The molecule has 0 aromatic carbocycles. The maximum Gasteiger partial charge on any atom is 0.257 e. The summed E-state index contributed by atoms with van der Waals surface area (Å²) < 4.78 is 10.9. The largest absolute Gasteiger partial charge is 0.469 e. The van der Waals surface area contributed by atoms with Crippen LogP contribution in [-0.2, 0) is 11.2 Å². The standard InChI is InChI=1S/C16H23NO4/c1-2-15-12(6-8-21-15)16(19)17-7-9-20-10-13(17)11-4-3-5-14(11)18/h6,8,11,13-14,18H,2-5,7,9-10H2,1H3/t11-,13-,14-/m1/s1. The number of carbonyl (C=O) groups excluding carboxylic acids is 1. The molecule has 116 valence electrons. The van der Waals surface area contributed by atoms with E-state index in [0.717, 1.165) is 25.0 Å². The lowest BCUT2D eigenvalue weighted by Crippen LogP contribution is -2.53. The van der Waals surface area contributed by atoms with Crippen LogP contribution in [0.25, 0.3) is 0 Å². The van der Waals surface area contributed by atoms with Gasteiger partial charge in [-0.15, -0.1) is 0 Å². The number of morpholine rings is 1. The number of nitrogens with zero attached hydrogens (tertiary/aromatic N) is 1. The van der Waals surface area contributed by atoms with Crippen LogP contribution in [-0.4, -0.2) is 47.8 Å². The summed E-state index contributed by atoms with van der Waals surface area (Å²) in [6.45, 7) is 3.64. The molecule has 2 heterocycles. The number of aliphatic hydroxyl groups is 1. The highest BCUT2D eigenvalue weighted by Crippen LogP contribution is 2.33. The Morgan fingerprint density at radius 3 is 3.05 bits per heavy atom. The summed E-state index contributed by atoms with van der Waals surface area (Å²) in [5.41, 5.74) is 0.650. The highest BCUT2D eigenvalue weighted by Gasteiger charge is 2.40. The molecule has 1 aromatic rings. The molecule has 1 amide bonds. The van der Waals surface area contributed by atoms with E-state index in [1.807, 2.05) is 11.8 Å². The van der Waals surface area contributed by atoms with Gasteiger partial charge in [-0.3, -0.25) is 4.79 Å². The number of ether oxygens (including phenoxy) is 1. The van der Waals surface area contributed by atoms with E-state index in [9.17, 15) is 9.90 Å². The predicted molar refractivity (Wildman–Crippen MR) is 77.1 cm³/mol. The molecule has 0 bridgehead atoms. The first kappa shape index (κ1) is 14.6. The van der Waals surface area contributed by atoms with Gasteiger partial charge >= 0.3 is 0 Å². The fourth-order valence-corrected chi connectivity index (χ4v) is 3.61. The Labute approximate surface area is 124 Å². The minimum atomic E-state index is -0.318. The van der Waals surface area contributed by atoms with Crippen LogP contribution in [0.15, 0.2) is 16.7 Å². The topological polar surface area (TPSA) is 62.9 Å². The van der Waals surface area contributed by atoms with E-state index in [4.69, 9.17) is 9.15 Å². The molecule has 5 nitrogen and oxygen atoms in total. The summed E-state index contributed by atoms with van der Waals surface area (Å²) in [5.74, 6) is 0.872. The lowest BCUT2D eigenvalue weighted by molar-refractivity contribution is -0.0384. The fraction of sp³-hybridized carbons (Fsp3) is 0.688. The summed E-state index contributed by atoms with van der Waals surface area (Å²) in [5, 5.41) is 10.2. The molecule has 1 aliphatic heterocycles. The molecule has 1 N–H and O–H groups in total. The number of hydrogen-bond acceptors (Lipinski definition) is 4. The van der Waals surface area contributed by atoms with E-state index < -0.39 is 0 Å². The third-order valence-corrected chi connectivity index (χ3v) is 4.75. The van der Waals surface area contributed by atoms with E-state index in [-0.39, 0.29) is 24.0 Å². The van der Waals surface area contributed by atoms with Crippen LogP contribution in [0.5, 0.6) is 0 Å². The molecule has 3 atom stereocenters. The molecule has 1 saturated carbocycles. The van der Waals surface area contributed by atoms with Crippen molar-refractivity contribution in [1.82, 2.24) is 4.90 Å². The van der Waals surface area contributed by atoms with Gasteiger partial charge in [-0.1, -0.05) is 13.3 Å². The van der Waals surface area contributed by atoms with Crippen LogP contribution in [0.4, 0.5) is 0 Å². The molecule has 2 fully saturated rings. The Bertz CT molecular complexity index is 498. The van der Waals surface area contributed by atoms with Crippen molar-refractivity contribution in [1.29, 1.82) is 0 Å². The number of aliphatic hydroxyl groups excluding tert-OH is 1. The zero-order valence-corrected chi connectivity index (χ0v) is 12.5. The van der Waals surface area contributed by atoms with Gasteiger partial charge in [0.25, 0.3) is 5.91 Å². The van der Waals surface area contributed by atoms with Gasteiger partial charge in [0.15, 0.2) is 0 Å². The second kappa shape index (κ2) is 6.20. The zero-order valence-electron chi connectivity index (χ0n) is 12.5. The van der Waals surface area contributed by atoms with Crippen LogP contribution >= 0.6 is 0 Å². The van der Waals surface area contributed by atoms with Gasteiger partial charge in [0.2, 0.25) is 0 Å². The minimum Gasteiger partial charge on any atom is -0.469 e. The Morgan fingerprint density at radius 1 is 1.48 bits per heavy atom. The summed E-state index contributed by atoms with van der Waals surface area (Å²) in [6.07, 6.45) is 4.78. The van der Waals surface area contributed by atoms with E-state index in [0.29, 0.717) is 31.7 Å². The summed E-state index contributed by atoms with van der Waals surface area (Å²) in [6, 6.07) is 1.72. The second-order valence-corrected chi connectivity index (χ2v) is 5.91. The Morgan fingerprint density at radius 2 is 2.33 bits per heavy atom. The van der Waals surface area contributed by atoms with Gasteiger partial charge in [0, 0.05) is 18.9 Å². The van der Waals surface area contributed by atoms with Gasteiger partial charge in [0.1, 0.15) is 5.76 Å². The van der Waals surface area contributed by atoms with Gasteiger partial charge in [-0.25, -0.2) is 0 Å². The lowest BCUT2D eigenvalue weighted by Gasteiger charge is -2.40. The molecule has 1 aromatic heterocycles. The van der Waals surface area contributed by atoms with Crippen LogP contribution in [0.3, 0.4) is 0 Å². The highest BCUT2D eigenvalue weighted by molar-refractivity contribution is 5.95. The number of carbonyl (C=O) groups is 1. The van der Waals surface area contributed by atoms with Gasteiger partial charge in [-0.2, -0.15) is 0 Å². The maximum absolute atomic E-state index is 12.8. The molecule has 21 heavy (non-hydrogen) atoms. The fourth-order valence-electron chi connectivity index (χ4n) is 3.61. The van der Waals surface area contributed by atoms with E-state index >= 15 is 0 Å². The molecule has 0 spiro atoms. The second-order valence-electron chi connectivity index (χ2n) is 5.91. The van der Waals surface area contributed by atoms with Crippen molar-refractivity contribution in [3.63, 3.8) is 0 Å². The van der Waals surface area contributed by atoms with Crippen molar-refractivity contribution in [3.8, 4) is 0 Å². The third kappa shape index (κ3) is 2.72. The van der Waals surface area contributed by atoms with Crippen molar-refractivity contribution >= 4 is 5.91 Å². The minimum absolute atomic E-state index is 0.00741. The molecule has 5 heteroatoms. The van der Waals surface area contributed by atoms with Crippen LogP contribution in [0, 0.1) is 5.92 Å². The lowest BCUT2D eigenvalue weighted by atomic mass is 9.93. The number of amides is 1. The average Bonchev–Trinajstić information content (AvgIpc) is 3.14. The summed E-state index contributed by atoms with van der Waals surface area (Å²) in [7, 11) is 0. The van der Waals surface area contributed by atoms with Gasteiger partial charge < -0.3 is 19.2 Å². The van der Waals surface area contributed by atoms with Crippen LogP contribution in [0.2, 0.25) is 0 Å². The van der Waals surface area contributed by atoms with Gasteiger partial charge in [0.05, 0.1) is 37.2 Å². The number of aryl methyl sites for hydroxylation is 1. The van der Waals surface area contributed by atoms with Crippen molar-refractivity contribution in [3.05, 3.63) is 23.7 Å². The third-order valence-electron chi connectivity index (χ3n) is 4.75. The number of rotatable bonds is 3. The zero-order chi connectivity index (χ0) is 14.8. The summed E-state index contributed by atoms with van der Waals surface area (Å²) in [4.78, 5) is 14.7. The Balaban J connectivity index is 1.82. The molecule has 2 aliphatic rings. The Hall–Kier alpha value is -1.33. The first-order valence-electron chi connectivity index (χ1n) is 7.85. The maximum atomic E-state index is 12.8. The average molecular weight is 293 g/mol. The number of furan rings is 1. The molecule has 0 radical (unpaired) electrons. The molecular weight excluding hydrogens is 270 g/mol. The van der Waals surface area contributed by atoms with Crippen molar-refractivity contribution in [2.45, 2.75) is 44.8 Å². The smallest absolute Gasteiger partial charge is 0.257 e. The van der Waals surface area contributed by atoms with E-state index in [1.54, 1.807) is 12.3 Å². The van der Waals surface area contributed by atoms with Crippen LogP contribution in [0.1, 0.15) is 42.3 Å². The Kier molecular flexibility index (Phi) is 4.31. The molecule has 0 unspecified atom stereocenters. The van der Waals surface area contributed by atoms with Crippen molar-refractivity contribution < 1.29 is 19.1 Å². The monoisotopic (exact) mass is 293 g/mol. The quantitative estimate of drug-likeness (QED) is 0.923. The molecular formula is C16H23NO4. The van der Waals surface area contributed by atoms with Crippen molar-refractivity contribution in [2.75, 3.05) is 19.8 Å². The van der Waals surface area contributed by atoms with E-state index in [1.165, 1.54) is 0 Å². The first-order chi connectivity index (χ1) is 10.2. The molecule has 1 saturated heterocycles. The predicted octanol–water partition coefficient (Wildman–Crippen LogP) is 1.84. The van der Waals surface area contributed by atoms with Crippen molar-refractivity contribution in [2.24, 2.45) is 5.92 Å². The molecule has 1 aliphatic carbocycles.